The van der Waals surface area contributed by atoms with E-state index >= 15 is 0 Å². The van der Waals surface area contributed by atoms with Crippen LogP contribution in [0.1, 0.15) is 32.8 Å². The van der Waals surface area contributed by atoms with Crippen LogP contribution < -0.4 is 10.2 Å². The summed E-state index contributed by atoms with van der Waals surface area (Å²) in [4.78, 5) is 10.9. The molecule has 0 unspecified atom stereocenters. The van der Waals surface area contributed by atoms with E-state index in [9.17, 15) is 0 Å². The molecule has 90 valence electrons. The predicted octanol–water partition coefficient (Wildman–Crippen LogP) is 2.45. The van der Waals surface area contributed by atoms with Gasteiger partial charge in [-0.3, -0.25) is 0 Å². The van der Waals surface area contributed by atoms with E-state index in [0.717, 1.165) is 43.3 Å². The number of rotatable bonds is 6. The van der Waals surface area contributed by atoms with Gasteiger partial charge in [0.1, 0.15) is 18.0 Å². The largest absolute Gasteiger partial charge is 0.370 e. The van der Waals surface area contributed by atoms with Gasteiger partial charge in [-0.1, -0.05) is 6.92 Å². The molecule has 1 rings (SSSR count). The minimum absolute atomic E-state index is 0.886. The summed E-state index contributed by atoms with van der Waals surface area (Å²) in [5, 5.41) is 3.26. The molecular weight excluding hydrogens is 200 g/mol. The topological polar surface area (TPSA) is 41.1 Å². The first-order chi connectivity index (χ1) is 7.74. The van der Waals surface area contributed by atoms with Crippen LogP contribution >= 0.6 is 0 Å². The van der Waals surface area contributed by atoms with Crippen molar-refractivity contribution in [2.24, 2.45) is 0 Å². The van der Waals surface area contributed by atoms with Crippen molar-refractivity contribution in [3.63, 3.8) is 0 Å². The van der Waals surface area contributed by atoms with Gasteiger partial charge in [-0.15, -0.1) is 0 Å². The standard InChI is InChI=1S/C12H22N4/c1-5-8-16(7-3)12-10(4)11(13-6-2)14-9-15-12/h9H,5-8H2,1-4H3,(H,13,14,15). The van der Waals surface area contributed by atoms with Crippen LogP contribution in [0.5, 0.6) is 0 Å². The van der Waals surface area contributed by atoms with Crippen LogP contribution in [0.4, 0.5) is 11.6 Å². The van der Waals surface area contributed by atoms with Gasteiger partial charge < -0.3 is 10.2 Å². The van der Waals surface area contributed by atoms with Crippen molar-refractivity contribution >= 4 is 11.6 Å². The molecular formula is C12H22N4. The van der Waals surface area contributed by atoms with Crippen LogP contribution in [0, 0.1) is 6.92 Å². The van der Waals surface area contributed by atoms with Crippen LogP contribution in [-0.4, -0.2) is 29.6 Å². The summed E-state index contributed by atoms with van der Waals surface area (Å²) in [6.07, 6.45) is 2.77. The second-order valence-corrected chi connectivity index (χ2v) is 3.78. The van der Waals surface area contributed by atoms with Gasteiger partial charge in [-0.2, -0.15) is 0 Å². The molecule has 1 aromatic rings. The molecule has 16 heavy (non-hydrogen) atoms. The summed E-state index contributed by atoms with van der Waals surface area (Å²) in [6, 6.07) is 0. The lowest BCUT2D eigenvalue weighted by molar-refractivity contribution is 0.772. The number of nitrogens with one attached hydrogen (secondary N) is 1. The molecule has 4 heteroatoms. The Kier molecular flexibility index (Phi) is 5.02. The maximum Gasteiger partial charge on any atom is 0.137 e. The Morgan fingerprint density at radius 3 is 2.56 bits per heavy atom. The first-order valence-corrected chi connectivity index (χ1v) is 6.04. The lowest BCUT2D eigenvalue weighted by atomic mass is 10.2. The minimum Gasteiger partial charge on any atom is -0.370 e. The van der Waals surface area contributed by atoms with Gasteiger partial charge in [0.15, 0.2) is 0 Å². The average Bonchev–Trinajstić information content (AvgIpc) is 2.30. The Hall–Kier alpha value is -1.32. The molecule has 0 saturated heterocycles. The Labute approximate surface area is 98.1 Å². The van der Waals surface area contributed by atoms with E-state index in [2.05, 4.69) is 47.9 Å². The third-order valence-corrected chi connectivity index (χ3v) is 2.58. The van der Waals surface area contributed by atoms with Crippen LogP contribution in [0.15, 0.2) is 6.33 Å². The van der Waals surface area contributed by atoms with Crippen molar-refractivity contribution in [2.75, 3.05) is 29.9 Å². The van der Waals surface area contributed by atoms with E-state index in [4.69, 9.17) is 0 Å². The van der Waals surface area contributed by atoms with E-state index in [-0.39, 0.29) is 0 Å². The molecule has 0 fully saturated rings. The first kappa shape index (κ1) is 12.7. The SMILES string of the molecule is CCCN(CC)c1ncnc(NCC)c1C. The molecule has 0 spiro atoms. The lowest BCUT2D eigenvalue weighted by Crippen LogP contribution is -2.25. The van der Waals surface area contributed by atoms with Crippen molar-refractivity contribution in [3.8, 4) is 0 Å². The molecule has 1 N–H and O–H groups in total. The molecule has 0 aliphatic carbocycles. The average molecular weight is 222 g/mol. The second-order valence-electron chi connectivity index (χ2n) is 3.78. The molecule has 0 saturated carbocycles. The van der Waals surface area contributed by atoms with Gasteiger partial charge in [0.05, 0.1) is 0 Å². The van der Waals surface area contributed by atoms with Crippen molar-refractivity contribution in [3.05, 3.63) is 11.9 Å². The number of anilines is 2. The molecule has 1 aromatic heterocycles. The molecule has 0 atom stereocenters. The van der Waals surface area contributed by atoms with Gasteiger partial charge in [-0.05, 0) is 27.2 Å². The third-order valence-electron chi connectivity index (χ3n) is 2.58. The van der Waals surface area contributed by atoms with Gasteiger partial charge in [0, 0.05) is 25.2 Å². The monoisotopic (exact) mass is 222 g/mol. The van der Waals surface area contributed by atoms with E-state index in [1.807, 2.05) is 0 Å². The van der Waals surface area contributed by atoms with Crippen LogP contribution in [0.3, 0.4) is 0 Å². The predicted molar refractivity (Wildman–Crippen MR) is 69.1 cm³/mol. The van der Waals surface area contributed by atoms with Crippen LogP contribution in [-0.2, 0) is 0 Å². The Morgan fingerprint density at radius 2 is 2.00 bits per heavy atom. The number of hydrogen-bond acceptors (Lipinski definition) is 4. The third kappa shape index (κ3) is 2.84. The zero-order chi connectivity index (χ0) is 12.0. The van der Waals surface area contributed by atoms with E-state index in [1.54, 1.807) is 6.33 Å². The highest BCUT2D eigenvalue weighted by Gasteiger charge is 2.11. The number of aromatic nitrogens is 2. The Bertz CT molecular complexity index is 325. The molecule has 0 bridgehead atoms. The molecule has 1 heterocycles. The van der Waals surface area contributed by atoms with E-state index in [1.165, 1.54) is 0 Å². The zero-order valence-electron chi connectivity index (χ0n) is 10.7. The minimum atomic E-state index is 0.886. The summed E-state index contributed by atoms with van der Waals surface area (Å²) in [6.45, 7) is 11.4. The van der Waals surface area contributed by atoms with Gasteiger partial charge in [-0.25, -0.2) is 9.97 Å². The van der Waals surface area contributed by atoms with Gasteiger partial charge in [0.25, 0.3) is 0 Å². The smallest absolute Gasteiger partial charge is 0.137 e. The van der Waals surface area contributed by atoms with Crippen molar-refractivity contribution < 1.29 is 0 Å². The summed E-state index contributed by atoms with van der Waals surface area (Å²) in [5.74, 6) is 2.00. The Balaban J connectivity index is 2.98. The molecule has 0 aromatic carbocycles. The summed E-state index contributed by atoms with van der Waals surface area (Å²) in [5.41, 5.74) is 1.14. The maximum absolute atomic E-state index is 4.39. The zero-order valence-corrected chi connectivity index (χ0v) is 10.7. The maximum atomic E-state index is 4.39. The van der Waals surface area contributed by atoms with Crippen molar-refractivity contribution in [1.29, 1.82) is 0 Å². The van der Waals surface area contributed by atoms with E-state index < -0.39 is 0 Å². The molecule has 0 amide bonds. The van der Waals surface area contributed by atoms with Crippen LogP contribution in [0.2, 0.25) is 0 Å². The van der Waals surface area contributed by atoms with Crippen molar-refractivity contribution in [2.45, 2.75) is 34.1 Å². The highest BCUT2D eigenvalue weighted by Crippen LogP contribution is 2.21. The van der Waals surface area contributed by atoms with Gasteiger partial charge in [0.2, 0.25) is 0 Å². The molecule has 0 aliphatic rings. The summed E-state index contributed by atoms with van der Waals surface area (Å²) < 4.78 is 0. The molecule has 0 aliphatic heterocycles. The lowest BCUT2D eigenvalue weighted by Gasteiger charge is -2.23. The van der Waals surface area contributed by atoms with Crippen molar-refractivity contribution in [1.82, 2.24) is 9.97 Å². The van der Waals surface area contributed by atoms with Gasteiger partial charge >= 0.3 is 0 Å². The quantitative estimate of drug-likeness (QED) is 0.802. The highest BCUT2D eigenvalue weighted by atomic mass is 15.2. The fourth-order valence-corrected chi connectivity index (χ4v) is 1.79. The first-order valence-electron chi connectivity index (χ1n) is 6.04. The Morgan fingerprint density at radius 1 is 1.25 bits per heavy atom. The highest BCUT2D eigenvalue weighted by molar-refractivity contribution is 5.57. The number of hydrogen-bond donors (Lipinski definition) is 1. The summed E-state index contributed by atoms with van der Waals surface area (Å²) >= 11 is 0. The summed E-state index contributed by atoms with van der Waals surface area (Å²) in [7, 11) is 0. The van der Waals surface area contributed by atoms with Crippen LogP contribution in [0.25, 0.3) is 0 Å². The molecule has 4 nitrogen and oxygen atoms in total. The molecule has 0 radical (unpaired) electrons. The number of nitrogens with zero attached hydrogens (tertiary/aromatic N) is 3. The van der Waals surface area contributed by atoms with E-state index in [0.29, 0.717) is 0 Å². The fraction of sp³-hybridized carbons (Fsp3) is 0.667. The fourth-order valence-electron chi connectivity index (χ4n) is 1.79. The second kappa shape index (κ2) is 6.30. The normalized spacial score (nSPS) is 10.2.